The monoisotopic (exact) mass is 396 g/mol. The van der Waals surface area contributed by atoms with Gasteiger partial charge in [0, 0.05) is 6.54 Å². The van der Waals surface area contributed by atoms with Crippen molar-refractivity contribution >= 4 is 11.7 Å². The van der Waals surface area contributed by atoms with Gasteiger partial charge in [0.05, 0.1) is 11.6 Å². The van der Waals surface area contributed by atoms with Crippen LogP contribution >= 0.6 is 0 Å². The largest absolute Gasteiger partial charge is 0.503 e. The summed E-state index contributed by atoms with van der Waals surface area (Å²) in [6.45, 7) is 9.14. The fraction of sp³-hybridized carbons (Fsp3) is 0.391. The quantitative estimate of drug-likeness (QED) is 0.651. The van der Waals surface area contributed by atoms with Crippen molar-refractivity contribution in [3.05, 3.63) is 70.9 Å². The third-order valence-corrected chi connectivity index (χ3v) is 5.40. The summed E-state index contributed by atoms with van der Waals surface area (Å²) in [6, 6.07) is 12.0. The molecule has 2 heterocycles. The van der Waals surface area contributed by atoms with Gasteiger partial charge in [-0.05, 0) is 50.7 Å². The molecule has 1 aliphatic heterocycles. The van der Waals surface area contributed by atoms with Crippen molar-refractivity contribution in [2.75, 3.05) is 26.2 Å². The first-order valence-corrected chi connectivity index (χ1v) is 10.1. The Kier molecular flexibility index (Phi) is 6.54. The topological polar surface area (TPSA) is 74.0 Å². The second-order valence-corrected chi connectivity index (χ2v) is 7.19. The van der Waals surface area contributed by atoms with E-state index in [1.165, 1.54) is 0 Å². The molecule has 3 rings (SSSR count). The van der Waals surface area contributed by atoms with Crippen molar-refractivity contribution in [3.63, 3.8) is 0 Å². The van der Waals surface area contributed by atoms with Gasteiger partial charge in [0.15, 0.2) is 11.5 Å². The van der Waals surface area contributed by atoms with Gasteiger partial charge in [-0.3, -0.25) is 9.59 Å². The van der Waals surface area contributed by atoms with Crippen molar-refractivity contribution in [2.45, 2.75) is 33.2 Å². The Bertz CT molecular complexity index is 897. The fourth-order valence-corrected chi connectivity index (χ4v) is 3.79. The lowest BCUT2D eigenvalue weighted by Gasteiger charge is -2.28. The first-order valence-electron chi connectivity index (χ1n) is 10.1. The van der Waals surface area contributed by atoms with Gasteiger partial charge in [-0.1, -0.05) is 44.2 Å². The molecule has 0 fully saturated rings. The number of aryl methyl sites for hydroxylation is 1. The molecule has 1 aromatic heterocycles. The molecule has 0 radical (unpaired) electrons. The van der Waals surface area contributed by atoms with Crippen LogP contribution in [-0.4, -0.2) is 52.8 Å². The van der Waals surface area contributed by atoms with E-state index >= 15 is 0 Å². The highest BCUT2D eigenvalue weighted by Crippen LogP contribution is 2.39. The van der Waals surface area contributed by atoms with Gasteiger partial charge in [0.25, 0.3) is 5.91 Å². The maximum atomic E-state index is 13.1. The van der Waals surface area contributed by atoms with Gasteiger partial charge >= 0.3 is 0 Å². The Morgan fingerprint density at radius 3 is 2.41 bits per heavy atom. The van der Waals surface area contributed by atoms with Crippen LogP contribution in [0.4, 0.5) is 0 Å². The Morgan fingerprint density at radius 2 is 1.83 bits per heavy atom. The highest BCUT2D eigenvalue weighted by atomic mass is 16.3. The van der Waals surface area contributed by atoms with E-state index in [2.05, 4.69) is 18.7 Å². The normalized spacial score (nSPS) is 16.9. The molecule has 0 bridgehead atoms. The zero-order valence-electron chi connectivity index (χ0n) is 17.2. The molecular weight excluding hydrogens is 368 g/mol. The molecule has 6 nitrogen and oxygen atoms in total. The number of aliphatic hydroxyl groups is 1. The molecule has 1 aliphatic rings. The van der Waals surface area contributed by atoms with Crippen LogP contribution in [0.2, 0.25) is 0 Å². The smallest absolute Gasteiger partial charge is 0.290 e. The average molecular weight is 396 g/mol. The second kappa shape index (κ2) is 9.09. The standard InChI is InChI=1S/C23H28N2O4/c1-4-24(5-2)14-9-15-25-20(17-10-7-6-8-11-17)19(22(27)23(25)28)21(26)18-13-12-16(3)29-18/h6-8,10-13,20,27H,4-5,9,14-15H2,1-3H3/t20-/m0/s1. The fourth-order valence-electron chi connectivity index (χ4n) is 3.79. The summed E-state index contributed by atoms with van der Waals surface area (Å²) in [4.78, 5) is 29.9. The molecule has 0 aliphatic carbocycles. The summed E-state index contributed by atoms with van der Waals surface area (Å²) >= 11 is 0. The minimum Gasteiger partial charge on any atom is -0.503 e. The van der Waals surface area contributed by atoms with Crippen molar-refractivity contribution < 1.29 is 19.1 Å². The van der Waals surface area contributed by atoms with E-state index in [9.17, 15) is 14.7 Å². The third-order valence-electron chi connectivity index (χ3n) is 5.40. The first kappa shape index (κ1) is 20.9. The molecule has 0 unspecified atom stereocenters. The van der Waals surface area contributed by atoms with E-state index in [1.807, 2.05) is 30.3 Å². The number of carbonyl (C=O) groups is 2. The van der Waals surface area contributed by atoms with E-state index < -0.39 is 23.5 Å². The van der Waals surface area contributed by atoms with E-state index in [4.69, 9.17) is 4.42 Å². The van der Waals surface area contributed by atoms with Crippen LogP contribution in [0.1, 0.15) is 48.2 Å². The summed E-state index contributed by atoms with van der Waals surface area (Å²) in [6.07, 6.45) is 0.755. The van der Waals surface area contributed by atoms with Gasteiger partial charge < -0.3 is 19.3 Å². The number of hydrogen-bond donors (Lipinski definition) is 1. The molecule has 1 N–H and O–H groups in total. The van der Waals surface area contributed by atoms with E-state index in [1.54, 1.807) is 24.0 Å². The van der Waals surface area contributed by atoms with Crippen LogP contribution in [0.3, 0.4) is 0 Å². The number of rotatable bonds is 9. The van der Waals surface area contributed by atoms with Gasteiger partial charge in [-0.25, -0.2) is 0 Å². The minimum absolute atomic E-state index is 0.0818. The first-order chi connectivity index (χ1) is 14.0. The molecule has 1 aromatic carbocycles. The van der Waals surface area contributed by atoms with Crippen LogP contribution < -0.4 is 0 Å². The van der Waals surface area contributed by atoms with Crippen molar-refractivity contribution in [3.8, 4) is 0 Å². The van der Waals surface area contributed by atoms with Crippen LogP contribution in [0.15, 0.2) is 58.2 Å². The number of ketones is 1. The Hall–Kier alpha value is -2.86. The Morgan fingerprint density at radius 1 is 1.14 bits per heavy atom. The molecule has 29 heavy (non-hydrogen) atoms. The number of hydrogen-bond acceptors (Lipinski definition) is 5. The lowest BCUT2D eigenvalue weighted by molar-refractivity contribution is -0.129. The lowest BCUT2D eigenvalue weighted by Crippen LogP contribution is -2.34. The van der Waals surface area contributed by atoms with E-state index in [0.29, 0.717) is 12.3 Å². The summed E-state index contributed by atoms with van der Waals surface area (Å²) in [5.41, 5.74) is 0.873. The third kappa shape index (κ3) is 4.27. The summed E-state index contributed by atoms with van der Waals surface area (Å²) in [5, 5.41) is 10.6. The summed E-state index contributed by atoms with van der Waals surface area (Å²) < 4.78 is 5.47. The van der Waals surface area contributed by atoms with Crippen LogP contribution in [0.5, 0.6) is 0 Å². The zero-order valence-corrected chi connectivity index (χ0v) is 17.2. The molecule has 1 atom stereocenters. The Balaban J connectivity index is 1.91. The number of aliphatic hydroxyl groups excluding tert-OH is 1. The predicted octanol–water partition coefficient (Wildman–Crippen LogP) is 3.90. The number of benzene rings is 1. The predicted molar refractivity (Wildman–Crippen MR) is 111 cm³/mol. The maximum absolute atomic E-state index is 13.1. The lowest BCUT2D eigenvalue weighted by atomic mass is 9.95. The summed E-state index contributed by atoms with van der Waals surface area (Å²) in [5.74, 6) is -0.720. The van der Waals surface area contributed by atoms with Crippen molar-refractivity contribution in [1.82, 2.24) is 9.80 Å². The van der Waals surface area contributed by atoms with Crippen molar-refractivity contribution in [1.29, 1.82) is 0 Å². The number of furan rings is 1. The second-order valence-electron chi connectivity index (χ2n) is 7.19. The molecule has 6 heteroatoms. The summed E-state index contributed by atoms with van der Waals surface area (Å²) in [7, 11) is 0. The number of amides is 1. The van der Waals surface area contributed by atoms with E-state index in [0.717, 1.165) is 31.6 Å². The average Bonchev–Trinajstić information content (AvgIpc) is 3.28. The van der Waals surface area contributed by atoms with Gasteiger partial charge in [-0.15, -0.1) is 0 Å². The SMILES string of the molecule is CCN(CC)CCCN1C(=O)C(O)=C(C(=O)c2ccc(C)o2)[C@@H]1c1ccccc1. The van der Waals surface area contributed by atoms with E-state index in [-0.39, 0.29) is 11.3 Å². The van der Waals surface area contributed by atoms with Crippen LogP contribution in [0.25, 0.3) is 0 Å². The number of nitrogens with zero attached hydrogens (tertiary/aromatic N) is 2. The molecule has 0 spiro atoms. The molecule has 154 valence electrons. The Labute approximate surface area is 171 Å². The van der Waals surface area contributed by atoms with Crippen LogP contribution in [0, 0.1) is 6.92 Å². The molecule has 0 saturated carbocycles. The molecular formula is C23H28N2O4. The molecule has 2 aromatic rings. The van der Waals surface area contributed by atoms with Gasteiger partial charge in [0.2, 0.25) is 5.78 Å². The molecule has 0 saturated heterocycles. The van der Waals surface area contributed by atoms with Crippen molar-refractivity contribution in [2.24, 2.45) is 0 Å². The number of carbonyl (C=O) groups excluding carboxylic acids is 2. The van der Waals surface area contributed by atoms with Gasteiger partial charge in [-0.2, -0.15) is 0 Å². The number of Topliss-reactive ketones (excluding diaryl/α,β-unsaturated/α-hetero) is 1. The molecule has 1 amide bonds. The highest BCUT2D eigenvalue weighted by Gasteiger charge is 2.44. The van der Waals surface area contributed by atoms with Gasteiger partial charge in [0.1, 0.15) is 5.76 Å². The zero-order chi connectivity index (χ0) is 21.0. The van der Waals surface area contributed by atoms with Crippen LogP contribution in [-0.2, 0) is 4.79 Å². The maximum Gasteiger partial charge on any atom is 0.290 e. The minimum atomic E-state index is -0.627. The highest BCUT2D eigenvalue weighted by molar-refractivity contribution is 6.15.